The van der Waals surface area contributed by atoms with Gasteiger partial charge in [0, 0.05) is 23.5 Å². The molecule has 1 atom stereocenters. The fourth-order valence-electron chi connectivity index (χ4n) is 2.76. The first-order valence-electron chi connectivity index (χ1n) is 8.27. The van der Waals surface area contributed by atoms with Crippen LogP contribution in [0.3, 0.4) is 0 Å². The van der Waals surface area contributed by atoms with Crippen LogP contribution in [0, 0.1) is 0 Å². The number of esters is 1. The summed E-state index contributed by atoms with van der Waals surface area (Å²) in [4.78, 5) is 27.3. The Bertz CT molecular complexity index is 889. The fraction of sp³-hybridized carbons (Fsp3) is 0.200. The van der Waals surface area contributed by atoms with E-state index in [0.29, 0.717) is 6.42 Å². The SMILES string of the molecule is COC(=O)C(Cc1c[nH]c2ccccc12)NC(=O)OCc1ccccc1. The van der Waals surface area contributed by atoms with Gasteiger partial charge in [0.25, 0.3) is 0 Å². The first kappa shape index (κ1) is 17.5. The number of amides is 1. The second kappa shape index (κ2) is 8.20. The van der Waals surface area contributed by atoms with Gasteiger partial charge in [-0.1, -0.05) is 48.5 Å². The van der Waals surface area contributed by atoms with E-state index in [1.54, 1.807) is 0 Å². The number of aromatic amines is 1. The Morgan fingerprint density at radius 3 is 2.58 bits per heavy atom. The maximum atomic E-state index is 12.1. The summed E-state index contributed by atoms with van der Waals surface area (Å²) in [7, 11) is 1.29. The third-order valence-electron chi connectivity index (χ3n) is 4.09. The minimum absolute atomic E-state index is 0.133. The standard InChI is InChI=1S/C20H20N2O4/c1-25-19(23)18(11-15-12-21-17-10-6-5-9-16(15)17)22-20(24)26-13-14-7-3-2-4-8-14/h2-10,12,18,21H,11,13H2,1H3,(H,22,24). The number of carbonyl (C=O) groups is 2. The number of rotatable bonds is 6. The Morgan fingerprint density at radius 1 is 1.08 bits per heavy atom. The lowest BCUT2D eigenvalue weighted by atomic mass is 10.1. The van der Waals surface area contributed by atoms with Gasteiger partial charge in [0.05, 0.1) is 7.11 Å². The highest BCUT2D eigenvalue weighted by Gasteiger charge is 2.24. The molecule has 0 aliphatic rings. The molecule has 0 aliphatic heterocycles. The Labute approximate surface area is 151 Å². The minimum Gasteiger partial charge on any atom is -0.467 e. The zero-order valence-electron chi connectivity index (χ0n) is 14.4. The van der Waals surface area contributed by atoms with E-state index in [1.165, 1.54) is 7.11 Å². The number of H-pyrrole nitrogens is 1. The van der Waals surface area contributed by atoms with Crippen LogP contribution in [0.25, 0.3) is 10.9 Å². The zero-order valence-corrected chi connectivity index (χ0v) is 14.4. The van der Waals surface area contributed by atoms with Crippen LogP contribution in [0.4, 0.5) is 4.79 Å². The van der Waals surface area contributed by atoms with Crippen molar-refractivity contribution in [2.24, 2.45) is 0 Å². The first-order valence-corrected chi connectivity index (χ1v) is 8.27. The predicted molar refractivity (Wildman–Crippen MR) is 97.6 cm³/mol. The molecule has 0 saturated carbocycles. The second-order valence-corrected chi connectivity index (χ2v) is 5.85. The van der Waals surface area contributed by atoms with Gasteiger partial charge in [0.15, 0.2) is 0 Å². The predicted octanol–water partition coefficient (Wildman–Crippen LogP) is 3.18. The number of ether oxygens (including phenoxy) is 2. The van der Waals surface area contributed by atoms with Crippen molar-refractivity contribution in [2.45, 2.75) is 19.1 Å². The number of alkyl carbamates (subject to hydrolysis) is 1. The normalized spacial score (nSPS) is 11.7. The van der Waals surface area contributed by atoms with Crippen molar-refractivity contribution < 1.29 is 19.1 Å². The lowest BCUT2D eigenvalue weighted by molar-refractivity contribution is -0.142. The molecule has 26 heavy (non-hydrogen) atoms. The molecule has 0 fully saturated rings. The van der Waals surface area contributed by atoms with Gasteiger partial charge in [0.1, 0.15) is 12.6 Å². The molecule has 1 amide bonds. The third kappa shape index (κ3) is 4.22. The van der Waals surface area contributed by atoms with Gasteiger partial charge in [-0.05, 0) is 17.2 Å². The van der Waals surface area contributed by atoms with Crippen LogP contribution in [0.15, 0.2) is 60.8 Å². The molecule has 1 heterocycles. The number of benzene rings is 2. The third-order valence-corrected chi connectivity index (χ3v) is 4.09. The monoisotopic (exact) mass is 352 g/mol. The van der Waals surface area contributed by atoms with Crippen LogP contribution in [0.5, 0.6) is 0 Å². The summed E-state index contributed by atoms with van der Waals surface area (Å²) < 4.78 is 10.0. The van der Waals surface area contributed by atoms with Gasteiger partial charge in [0.2, 0.25) is 0 Å². The molecular weight excluding hydrogens is 332 g/mol. The Morgan fingerprint density at radius 2 is 1.81 bits per heavy atom. The molecule has 1 unspecified atom stereocenters. The van der Waals surface area contributed by atoms with E-state index in [0.717, 1.165) is 22.0 Å². The van der Waals surface area contributed by atoms with Gasteiger partial charge < -0.3 is 19.8 Å². The van der Waals surface area contributed by atoms with E-state index in [-0.39, 0.29) is 6.61 Å². The molecular formula is C20H20N2O4. The quantitative estimate of drug-likeness (QED) is 0.668. The summed E-state index contributed by atoms with van der Waals surface area (Å²) in [5.41, 5.74) is 2.76. The molecule has 0 bridgehead atoms. The zero-order chi connectivity index (χ0) is 18.4. The largest absolute Gasteiger partial charge is 0.467 e. The smallest absolute Gasteiger partial charge is 0.408 e. The van der Waals surface area contributed by atoms with Crippen LogP contribution in [-0.4, -0.2) is 30.2 Å². The molecule has 3 aromatic rings. The highest BCUT2D eigenvalue weighted by Crippen LogP contribution is 2.19. The molecule has 6 heteroatoms. The molecule has 3 rings (SSSR count). The number of para-hydroxylation sites is 1. The number of carbonyl (C=O) groups excluding carboxylic acids is 2. The number of fused-ring (bicyclic) bond motifs is 1. The van der Waals surface area contributed by atoms with Crippen molar-refractivity contribution in [1.29, 1.82) is 0 Å². The number of hydrogen-bond acceptors (Lipinski definition) is 4. The first-order chi connectivity index (χ1) is 12.7. The lowest BCUT2D eigenvalue weighted by Crippen LogP contribution is -2.43. The highest BCUT2D eigenvalue weighted by molar-refractivity contribution is 5.86. The Hall–Kier alpha value is -3.28. The van der Waals surface area contributed by atoms with Crippen molar-refractivity contribution in [3.8, 4) is 0 Å². The topological polar surface area (TPSA) is 80.4 Å². The van der Waals surface area contributed by atoms with E-state index in [2.05, 4.69) is 10.3 Å². The van der Waals surface area contributed by atoms with Gasteiger partial charge in [-0.15, -0.1) is 0 Å². The van der Waals surface area contributed by atoms with Gasteiger partial charge in [-0.3, -0.25) is 0 Å². The van der Waals surface area contributed by atoms with E-state index in [9.17, 15) is 9.59 Å². The molecule has 0 saturated heterocycles. The summed E-state index contributed by atoms with van der Waals surface area (Å²) in [6, 6.07) is 16.3. The fourth-order valence-corrected chi connectivity index (χ4v) is 2.76. The van der Waals surface area contributed by atoms with Crippen molar-refractivity contribution in [3.05, 3.63) is 71.9 Å². The summed E-state index contributed by atoms with van der Waals surface area (Å²) in [5, 5.41) is 3.59. The minimum atomic E-state index is -0.831. The van der Waals surface area contributed by atoms with E-state index < -0.39 is 18.1 Å². The van der Waals surface area contributed by atoms with Gasteiger partial charge in [-0.25, -0.2) is 9.59 Å². The van der Waals surface area contributed by atoms with E-state index in [4.69, 9.17) is 9.47 Å². The number of nitrogens with one attached hydrogen (secondary N) is 2. The van der Waals surface area contributed by atoms with Crippen LogP contribution in [0.2, 0.25) is 0 Å². The van der Waals surface area contributed by atoms with Crippen molar-refractivity contribution in [2.75, 3.05) is 7.11 Å². The lowest BCUT2D eigenvalue weighted by Gasteiger charge is -2.16. The molecule has 2 aromatic carbocycles. The van der Waals surface area contributed by atoms with Crippen molar-refractivity contribution in [1.82, 2.24) is 10.3 Å². The van der Waals surface area contributed by atoms with Gasteiger partial charge >= 0.3 is 12.1 Å². The molecule has 6 nitrogen and oxygen atoms in total. The highest BCUT2D eigenvalue weighted by atomic mass is 16.6. The van der Waals surface area contributed by atoms with Crippen LogP contribution in [-0.2, 0) is 27.3 Å². The average molecular weight is 352 g/mol. The molecule has 134 valence electrons. The molecule has 0 aliphatic carbocycles. The van der Waals surface area contributed by atoms with Gasteiger partial charge in [-0.2, -0.15) is 0 Å². The molecule has 2 N–H and O–H groups in total. The summed E-state index contributed by atoms with van der Waals surface area (Å²) in [6.45, 7) is 0.133. The number of methoxy groups -OCH3 is 1. The van der Waals surface area contributed by atoms with Crippen LogP contribution < -0.4 is 5.32 Å². The molecule has 1 aromatic heterocycles. The van der Waals surface area contributed by atoms with Crippen molar-refractivity contribution in [3.63, 3.8) is 0 Å². The molecule has 0 radical (unpaired) electrons. The summed E-state index contributed by atoms with van der Waals surface area (Å²) in [6.07, 6.45) is 1.47. The number of aromatic nitrogens is 1. The molecule has 0 spiro atoms. The second-order valence-electron chi connectivity index (χ2n) is 5.85. The van der Waals surface area contributed by atoms with Crippen molar-refractivity contribution >= 4 is 23.0 Å². The number of hydrogen-bond donors (Lipinski definition) is 2. The Balaban J connectivity index is 1.66. The maximum absolute atomic E-state index is 12.1. The Kier molecular flexibility index (Phi) is 5.53. The van der Waals surface area contributed by atoms with E-state index in [1.807, 2.05) is 60.8 Å². The van der Waals surface area contributed by atoms with Crippen LogP contribution in [0.1, 0.15) is 11.1 Å². The summed E-state index contributed by atoms with van der Waals surface area (Å²) in [5.74, 6) is -0.521. The summed E-state index contributed by atoms with van der Waals surface area (Å²) >= 11 is 0. The van der Waals surface area contributed by atoms with E-state index >= 15 is 0 Å². The van der Waals surface area contributed by atoms with Crippen LogP contribution >= 0.6 is 0 Å². The maximum Gasteiger partial charge on any atom is 0.408 e. The average Bonchev–Trinajstić information content (AvgIpc) is 3.09.